The molecule has 6 N–H and O–H groups in total. The minimum Gasteiger partial charge on any atom is -0.392 e. The maximum absolute atomic E-state index is 12.9. The van der Waals surface area contributed by atoms with Crippen molar-refractivity contribution in [3.63, 3.8) is 0 Å². The first-order valence-electron chi connectivity index (χ1n) is 8.44. The summed E-state index contributed by atoms with van der Waals surface area (Å²) in [7, 11) is 2.93. The number of nitrogens with one attached hydrogen (secondary N) is 5. The summed E-state index contributed by atoms with van der Waals surface area (Å²) in [6, 6.07) is 0. The van der Waals surface area contributed by atoms with Crippen LogP contribution in [0, 0.1) is 5.41 Å². The average molecular weight is 399 g/mol. The van der Waals surface area contributed by atoms with E-state index in [1.54, 1.807) is 7.05 Å². The van der Waals surface area contributed by atoms with Gasteiger partial charge >= 0.3 is 0 Å². The summed E-state index contributed by atoms with van der Waals surface area (Å²) in [5.41, 5.74) is -0.0508. The number of amides is 2. The number of aliphatic hydroxyl groups excluding tert-OH is 1. The van der Waals surface area contributed by atoms with Crippen LogP contribution in [0.1, 0.15) is 29.2 Å². The maximum Gasteiger partial charge on any atom is 0.278 e. The lowest BCUT2D eigenvalue weighted by atomic mass is 10.2. The van der Waals surface area contributed by atoms with Crippen LogP contribution in [0.2, 0.25) is 0 Å². The molecular formula is C17H21N9O3. The molecule has 0 aromatic carbocycles. The normalized spacial score (nSPS) is 11.9. The van der Waals surface area contributed by atoms with Gasteiger partial charge in [-0.1, -0.05) is 0 Å². The third-order valence-electron chi connectivity index (χ3n) is 3.52. The van der Waals surface area contributed by atoms with Crippen molar-refractivity contribution in [3.05, 3.63) is 48.2 Å². The second-order valence-electron chi connectivity index (χ2n) is 5.68. The molecule has 0 fully saturated rings. The predicted octanol–water partition coefficient (Wildman–Crippen LogP) is -0.380. The number of hydrogen-bond donors (Lipinski definition) is 6. The molecule has 0 aliphatic carbocycles. The Kier molecular flexibility index (Phi) is 7.26. The summed E-state index contributed by atoms with van der Waals surface area (Å²) in [5.74, 6) is -1.35. The minimum atomic E-state index is -0.959. The molecule has 0 radical (unpaired) electrons. The molecule has 12 nitrogen and oxygen atoms in total. The van der Waals surface area contributed by atoms with Gasteiger partial charge in [-0.25, -0.2) is 19.9 Å². The molecule has 0 saturated heterocycles. The first-order valence-corrected chi connectivity index (χ1v) is 8.44. The third kappa shape index (κ3) is 5.52. The number of rotatable bonds is 8. The van der Waals surface area contributed by atoms with Gasteiger partial charge in [-0.05, 0) is 6.92 Å². The Morgan fingerprint density at radius 3 is 2.48 bits per heavy atom. The lowest BCUT2D eigenvalue weighted by Crippen LogP contribution is -2.37. The van der Waals surface area contributed by atoms with Gasteiger partial charge in [-0.3, -0.25) is 15.0 Å². The van der Waals surface area contributed by atoms with Crippen molar-refractivity contribution in [3.8, 4) is 0 Å². The van der Waals surface area contributed by atoms with E-state index >= 15 is 0 Å². The molecule has 29 heavy (non-hydrogen) atoms. The largest absolute Gasteiger partial charge is 0.392 e. The fourth-order valence-corrected chi connectivity index (χ4v) is 2.10. The molecule has 152 valence electrons. The van der Waals surface area contributed by atoms with Gasteiger partial charge in [0, 0.05) is 20.3 Å². The number of anilines is 2. The van der Waals surface area contributed by atoms with Crippen LogP contribution in [0.3, 0.4) is 0 Å². The van der Waals surface area contributed by atoms with Crippen molar-refractivity contribution < 1.29 is 14.7 Å². The van der Waals surface area contributed by atoms with Gasteiger partial charge in [0.25, 0.3) is 11.8 Å². The summed E-state index contributed by atoms with van der Waals surface area (Å²) < 4.78 is 0. The predicted molar refractivity (Wildman–Crippen MR) is 104 cm³/mol. The van der Waals surface area contributed by atoms with Gasteiger partial charge in [0.15, 0.2) is 11.5 Å². The highest BCUT2D eigenvalue weighted by molar-refractivity contribution is 6.44. The monoisotopic (exact) mass is 399 g/mol. The van der Waals surface area contributed by atoms with E-state index in [9.17, 15) is 14.7 Å². The molecule has 0 spiro atoms. The first kappa shape index (κ1) is 21.4. The summed E-state index contributed by atoms with van der Waals surface area (Å²) >= 11 is 0. The van der Waals surface area contributed by atoms with Crippen LogP contribution in [-0.4, -0.2) is 56.7 Å². The Hall–Kier alpha value is -3.93. The Morgan fingerprint density at radius 1 is 1.21 bits per heavy atom. The molecule has 2 heterocycles. The molecule has 0 aliphatic heterocycles. The van der Waals surface area contributed by atoms with Crippen LogP contribution < -0.4 is 21.3 Å². The number of aliphatic hydroxyl groups is 1. The molecule has 0 saturated carbocycles. The summed E-state index contributed by atoms with van der Waals surface area (Å²) in [5, 5.41) is 28.0. The number of carbonyl (C=O) groups is 2. The average Bonchev–Trinajstić information content (AvgIpc) is 2.73. The number of nitrogens with zero attached hydrogens (tertiary/aromatic N) is 4. The first-order chi connectivity index (χ1) is 13.9. The Balaban J connectivity index is 2.39. The Labute approximate surface area is 166 Å². The fourth-order valence-electron chi connectivity index (χ4n) is 2.10. The molecule has 0 bridgehead atoms. The number of carbonyl (C=O) groups excluding carboxylic acids is 2. The quantitative estimate of drug-likeness (QED) is 0.323. The second kappa shape index (κ2) is 9.85. The zero-order valence-corrected chi connectivity index (χ0v) is 16.0. The zero-order chi connectivity index (χ0) is 21.4. The van der Waals surface area contributed by atoms with Crippen molar-refractivity contribution in [2.24, 2.45) is 0 Å². The van der Waals surface area contributed by atoms with E-state index in [1.807, 2.05) is 0 Å². The van der Waals surface area contributed by atoms with Gasteiger partial charge in [0.05, 0.1) is 41.8 Å². The van der Waals surface area contributed by atoms with Gasteiger partial charge in [-0.2, -0.15) is 0 Å². The molecule has 1 atom stereocenters. The van der Waals surface area contributed by atoms with Crippen LogP contribution in [0.5, 0.6) is 0 Å². The highest BCUT2D eigenvalue weighted by atomic mass is 16.3. The van der Waals surface area contributed by atoms with E-state index in [0.717, 1.165) is 0 Å². The van der Waals surface area contributed by atoms with E-state index in [2.05, 4.69) is 41.2 Å². The summed E-state index contributed by atoms with van der Waals surface area (Å²) in [6.07, 6.45) is 5.96. The van der Waals surface area contributed by atoms with E-state index in [1.165, 1.54) is 45.1 Å². The topological polar surface area (TPSA) is 178 Å². The molecule has 2 aromatic rings. The van der Waals surface area contributed by atoms with Crippen LogP contribution in [0.15, 0.2) is 36.8 Å². The summed E-state index contributed by atoms with van der Waals surface area (Å²) in [6.45, 7) is 1.48. The minimum absolute atomic E-state index is 0.0740. The van der Waals surface area contributed by atoms with E-state index in [-0.39, 0.29) is 22.9 Å². The van der Waals surface area contributed by atoms with E-state index in [4.69, 9.17) is 5.41 Å². The van der Waals surface area contributed by atoms with Gasteiger partial charge in [0.2, 0.25) is 0 Å². The smallest absolute Gasteiger partial charge is 0.278 e. The van der Waals surface area contributed by atoms with Crippen LogP contribution in [0.25, 0.3) is 0 Å². The molecule has 2 aromatic heterocycles. The lowest BCUT2D eigenvalue weighted by molar-refractivity contribution is -0.114. The van der Waals surface area contributed by atoms with Crippen molar-refractivity contribution in [1.29, 1.82) is 5.41 Å². The van der Waals surface area contributed by atoms with Crippen LogP contribution in [0.4, 0.5) is 11.5 Å². The van der Waals surface area contributed by atoms with Gasteiger partial charge in [0.1, 0.15) is 12.0 Å². The molecule has 12 heteroatoms. The number of hydrogen-bond acceptors (Lipinski definition) is 10. The third-order valence-corrected chi connectivity index (χ3v) is 3.52. The second-order valence-corrected chi connectivity index (χ2v) is 5.68. The van der Waals surface area contributed by atoms with Crippen LogP contribution >= 0.6 is 0 Å². The van der Waals surface area contributed by atoms with E-state index in [0.29, 0.717) is 5.69 Å². The Bertz CT molecular complexity index is 929. The van der Waals surface area contributed by atoms with Gasteiger partial charge < -0.3 is 26.4 Å². The SMILES string of the molecule is CN/C=C(/NC(=O)c1nc(C(C)O)cnc1Nc1cncnc1)C(=N)C(=O)NC. The molecule has 2 rings (SSSR count). The van der Waals surface area contributed by atoms with Crippen molar-refractivity contribution in [2.45, 2.75) is 13.0 Å². The van der Waals surface area contributed by atoms with Crippen molar-refractivity contribution in [1.82, 2.24) is 35.9 Å². The highest BCUT2D eigenvalue weighted by Gasteiger charge is 2.22. The lowest BCUT2D eigenvalue weighted by Gasteiger charge is -2.14. The zero-order valence-electron chi connectivity index (χ0n) is 16.0. The molecule has 2 amide bonds. The fraction of sp³-hybridized carbons (Fsp3) is 0.235. The molecule has 0 aliphatic rings. The van der Waals surface area contributed by atoms with Crippen LogP contribution in [-0.2, 0) is 4.79 Å². The summed E-state index contributed by atoms with van der Waals surface area (Å²) in [4.78, 5) is 40.7. The van der Waals surface area contributed by atoms with Gasteiger partial charge in [-0.15, -0.1) is 0 Å². The highest BCUT2D eigenvalue weighted by Crippen LogP contribution is 2.19. The molecule has 1 unspecified atom stereocenters. The Morgan fingerprint density at radius 2 is 1.90 bits per heavy atom. The van der Waals surface area contributed by atoms with E-state index < -0.39 is 23.6 Å². The standard InChI is InChI=1S/C17H21N9O3/c1-9(27)11-7-23-15(24-10-4-21-8-22-5-10)14(25-11)17(29)26-12(6-19-2)13(18)16(28)20-3/h4-9,18-19,27H,1-3H3,(H,20,28)(H,23,24)(H,26,29)/b12-6+,18-13?. The molecular weight excluding hydrogens is 378 g/mol. The number of aromatic nitrogens is 4. The maximum atomic E-state index is 12.9. The van der Waals surface area contributed by atoms with Crippen molar-refractivity contribution in [2.75, 3.05) is 19.4 Å². The van der Waals surface area contributed by atoms with Crippen molar-refractivity contribution >= 4 is 29.0 Å².